The summed E-state index contributed by atoms with van der Waals surface area (Å²) < 4.78 is 6.10. The van der Waals surface area contributed by atoms with Gasteiger partial charge in [0.05, 0.1) is 11.7 Å². The van der Waals surface area contributed by atoms with Gasteiger partial charge in [-0.15, -0.1) is 0 Å². The van der Waals surface area contributed by atoms with Gasteiger partial charge in [0, 0.05) is 22.9 Å². The Labute approximate surface area is 175 Å². The van der Waals surface area contributed by atoms with Crippen LogP contribution in [0.4, 0.5) is 5.69 Å². The van der Waals surface area contributed by atoms with Crippen LogP contribution in [0.25, 0.3) is 10.8 Å². The Morgan fingerprint density at radius 2 is 1.93 bits per heavy atom. The molecule has 0 saturated carbocycles. The topological polar surface area (TPSA) is 58.6 Å². The molecule has 0 bridgehead atoms. The summed E-state index contributed by atoms with van der Waals surface area (Å²) >= 11 is 0. The number of ether oxygens (including phenoxy) is 1. The van der Waals surface area contributed by atoms with Crippen LogP contribution in [-0.4, -0.2) is 24.0 Å². The molecule has 0 spiro atoms. The molecular weight excluding hydrogens is 376 g/mol. The second-order valence-corrected chi connectivity index (χ2v) is 8.80. The van der Waals surface area contributed by atoms with Crippen LogP contribution < -0.4 is 15.0 Å². The summed E-state index contributed by atoms with van der Waals surface area (Å²) in [6.45, 7) is 6.07. The normalized spacial score (nSPS) is 18.8. The van der Waals surface area contributed by atoms with Gasteiger partial charge in [0.2, 0.25) is 5.91 Å². The third-order valence-electron chi connectivity index (χ3n) is 5.91. The highest BCUT2D eigenvalue weighted by Crippen LogP contribution is 2.40. The van der Waals surface area contributed by atoms with Gasteiger partial charge in [0.15, 0.2) is 0 Å². The van der Waals surface area contributed by atoms with Crippen molar-refractivity contribution in [1.82, 2.24) is 5.32 Å². The number of fused-ring (bicyclic) bond motifs is 1. The van der Waals surface area contributed by atoms with Crippen LogP contribution in [0.2, 0.25) is 0 Å². The first-order valence-electron chi connectivity index (χ1n) is 10.2. The van der Waals surface area contributed by atoms with Crippen molar-refractivity contribution in [3.8, 4) is 5.75 Å². The van der Waals surface area contributed by atoms with E-state index in [2.05, 4.69) is 11.4 Å². The maximum absolute atomic E-state index is 13.0. The van der Waals surface area contributed by atoms with Crippen molar-refractivity contribution >= 4 is 28.3 Å². The second kappa shape index (κ2) is 6.59. The molecule has 5 rings (SSSR count). The van der Waals surface area contributed by atoms with E-state index in [1.807, 2.05) is 69.3 Å². The first-order valence-corrected chi connectivity index (χ1v) is 10.2. The number of anilines is 1. The largest absolute Gasteiger partial charge is 0.487 e. The van der Waals surface area contributed by atoms with Crippen molar-refractivity contribution < 1.29 is 14.3 Å². The molecule has 1 N–H and O–H groups in total. The predicted octanol–water partition coefficient (Wildman–Crippen LogP) is 4.53. The van der Waals surface area contributed by atoms with Crippen LogP contribution in [0, 0.1) is 6.92 Å². The molecular formula is C25H24N2O3. The summed E-state index contributed by atoms with van der Waals surface area (Å²) in [7, 11) is 0. The van der Waals surface area contributed by atoms with Crippen LogP contribution in [0.5, 0.6) is 5.75 Å². The Morgan fingerprint density at radius 3 is 2.73 bits per heavy atom. The van der Waals surface area contributed by atoms with Gasteiger partial charge in [-0.25, -0.2) is 0 Å². The van der Waals surface area contributed by atoms with Crippen LogP contribution in [0.15, 0.2) is 54.6 Å². The Hall–Kier alpha value is -3.34. The summed E-state index contributed by atoms with van der Waals surface area (Å²) in [6.07, 6.45) is 0.666. The van der Waals surface area contributed by atoms with Crippen LogP contribution in [0.1, 0.15) is 47.8 Å². The Kier molecular flexibility index (Phi) is 4.10. The molecule has 0 aliphatic carbocycles. The molecule has 2 heterocycles. The SMILES string of the molecule is Cc1ccc2c(c1)[C@H](NC(=O)CN1C(=O)c3cccc4cccc1c34)CC(C)(C)O2. The van der Waals surface area contributed by atoms with Gasteiger partial charge >= 0.3 is 0 Å². The summed E-state index contributed by atoms with van der Waals surface area (Å²) in [5.41, 5.74) is 3.18. The zero-order chi connectivity index (χ0) is 21.0. The Bertz CT molecular complexity index is 1190. The first-order chi connectivity index (χ1) is 14.3. The molecule has 0 aromatic heterocycles. The fraction of sp³-hybridized carbons (Fsp3) is 0.280. The van der Waals surface area contributed by atoms with Crippen molar-refractivity contribution in [1.29, 1.82) is 0 Å². The molecule has 0 saturated heterocycles. The summed E-state index contributed by atoms with van der Waals surface area (Å²) in [4.78, 5) is 27.6. The molecule has 3 aromatic rings. The van der Waals surface area contributed by atoms with Gasteiger partial charge < -0.3 is 10.1 Å². The molecule has 3 aromatic carbocycles. The van der Waals surface area contributed by atoms with E-state index in [0.29, 0.717) is 12.0 Å². The number of rotatable bonds is 3. The first kappa shape index (κ1) is 18.7. The van der Waals surface area contributed by atoms with Crippen LogP contribution in [0.3, 0.4) is 0 Å². The second-order valence-electron chi connectivity index (χ2n) is 8.80. The lowest BCUT2D eigenvalue weighted by Crippen LogP contribution is -2.45. The zero-order valence-electron chi connectivity index (χ0n) is 17.4. The van der Waals surface area contributed by atoms with Gasteiger partial charge in [0.1, 0.15) is 17.9 Å². The van der Waals surface area contributed by atoms with E-state index in [0.717, 1.165) is 33.3 Å². The fourth-order valence-corrected chi connectivity index (χ4v) is 4.62. The quantitative estimate of drug-likeness (QED) is 0.703. The van der Waals surface area contributed by atoms with Gasteiger partial charge in [-0.1, -0.05) is 42.0 Å². The summed E-state index contributed by atoms with van der Waals surface area (Å²) in [6, 6.07) is 17.4. The smallest absolute Gasteiger partial charge is 0.259 e. The average molecular weight is 400 g/mol. The minimum Gasteiger partial charge on any atom is -0.487 e. The van der Waals surface area contributed by atoms with E-state index < -0.39 is 0 Å². The lowest BCUT2D eigenvalue weighted by Gasteiger charge is -2.38. The monoisotopic (exact) mass is 400 g/mol. The van der Waals surface area contributed by atoms with Crippen LogP contribution >= 0.6 is 0 Å². The fourth-order valence-electron chi connectivity index (χ4n) is 4.62. The molecule has 2 amide bonds. The number of hydrogen-bond donors (Lipinski definition) is 1. The van der Waals surface area contributed by atoms with E-state index in [-0.39, 0.29) is 30.0 Å². The number of aryl methyl sites for hydroxylation is 1. The Morgan fingerprint density at radius 1 is 1.17 bits per heavy atom. The molecule has 1 atom stereocenters. The lowest BCUT2D eigenvalue weighted by atomic mass is 9.89. The molecule has 5 heteroatoms. The van der Waals surface area contributed by atoms with Gasteiger partial charge in [0.25, 0.3) is 5.91 Å². The molecule has 30 heavy (non-hydrogen) atoms. The molecule has 0 unspecified atom stereocenters. The van der Waals surface area contributed by atoms with Crippen molar-refractivity contribution in [2.75, 3.05) is 11.4 Å². The van der Waals surface area contributed by atoms with E-state index in [1.165, 1.54) is 0 Å². The van der Waals surface area contributed by atoms with Gasteiger partial charge in [-0.2, -0.15) is 0 Å². The molecule has 0 fully saturated rings. The predicted molar refractivity (Wildman–Crippen MR) is 117 cm³/mol. The molecule has 2 aliphatic heterocycles. The molecule has 2 aliphatic rings. The highest BCUT2D eigenvalue weighted by atomic mass is 16.5. The van der Waals surface area contributed by atoms with E-state index in [4.69, 9.17) is 4.74 Å². The van der Waals surface area contributed by atoms with E-state index >= 15 is 0 Å². The van der Waals surface area contributed by atoms with Crippen molar-refractivity contribution in [2.24, 2.45) is 0 Å². The minimum absolute atomic E-state index is 0.00837. The minimum atomic E-state index is -0.383. The van der Waals surface area contributed by atoms with E-state index in [9.17, 15) is 9.59 Å². The molecule has 152 valence electrons. The highest BCUT2D eigenvalue weighted by molar-refractivity contribution is 6.26. The standard InChI is InChI=1S/C25H24N2O3/c1-15-10-11-21-18(12-15)19(13-25(2,3)30-21)26-22(28)14-27-20-9-5-7-16-6-4-8-17(23(16)20)24(27)29/h4-12,19H,13-14H2,1-3H3,(H,26,28)/t19-/m1/s1. The Balaban J connectivity index is 1.41. The number of benzene rings is 3. The zero-order valence-corrected chi connectivity index (χ0v) is 17.4. The van der Waals surface area contributed by atoms with Gasteiger partial charge in [-0.05, 0) is 44.4 Å². The number of carbonyl (C=O) groups is 2. The number of carbonyl (C=O) groups excluding carboxylic acids is 2. The van der Waals surface area contributed by atoms with E-state index in [1.54, 1.807) is 4.90 Å². The molecule has 0 radical (unpaired) electrons. The number of hydrogen-bond acceptors (Lipinski definition) is 3. The highest BCUT2D eigenvalue weighted by Gasteiger charge is 2.36. The number of amides is 2. The third kappa shape index (κ3) is 3.02. The summed E-state index contributed by atoms with van der Waals surface area (Å²) in [5.74, 6) is 0.500. The van der Waals surface area contributed by atoms with Gasteiger partial charge in [-0.3, -0.25) is 14.5 Å². The van der Waals surface area contributed by atoms with Crippen LogP contribution in [-0.2, 0) is 4.79 Å². The molecule has 5 nitrogen and oxygen atoms in total. The van der Waals surface area contributed by atoms with Crippen molar-refractivity contribution in [3.05, 3.63) is 71.3 Å². The average Bonchev–Trinajstić information content (AvgIpc) is 2.96. The number of nitrogens with one attached hydrogen (secondary N) is 1. The van der Waals surface area contributed by atoms with Crippen molar-refractivity contribution in [3.63, 3.8) is 0 Å². The summed E-state index contributed by atoms with van der Waals surface area (Å²) in [5, 5.41) is 5.08. The lowest BCUT2D eigenvalue weighted by molar-refractivity contribution is -0.121. The van der Waals surface area contributed by atoms with Crippen molar-refractivity contribution in [2.45, 2.75) is 38.8 Å². The number of nitrogens with zero attached hydrogens (tertiary/aromatic N) is 1. The maximum atomic E-state index is 13.0. The maximum Gasteiger partial charge on any atom is 0.259 e. The third-order valence-corrected chi connectivity index (χ3v) is 5.91.